The van der Waals surface area contributed by atoms with Gasteiger partial charge in [-0.05, 0) is 45.4 Å². The Hall–Kier alpha value is -2.77. The van der Waals surface area contributed by atoms with Crippen LogP contribution in [0.25, 0.3) is 0 Å². The Kier molecular flexibility index (Phi) is 7.87. The van der Waals surface area contributed by atoms with Crippen LogP contribution in [-0.4, -0.2) is 73.1 Å². The molecule has 1 heterocycles. The molecule has 0 aliphatic carbocycles. The summed E-state index contributed by atoms with van der Waals surface area (Å²) in [5.74, 6) is 0.529. The highest BCUT2D eigenvalue weighted by Crippen LogP contribution is 2.16. The number of nitrogens with one attached hydrogen (secondary N) is 1. The lowest BCUT2D eigenvalue weighted by atomic mass is 10.2. The number of benzene rings is 1. The maximum absolute atomic E-state index is 12.8. The summed E-state index contributed by atoms with van der Waals surface area (Å²) >= 11 is 0. The molecule has 0 saturated carbocycles. The zero-order chi connectivity index (χ0) is 21.4. The van der Waals surface area contributed by atoms with Crippen LogP contribution in [0.2, 0.25) is 0 Å². The minimum absolute atomic E-state index is 0.0447. The summed E-state index contributed by atoms with van der Waals surface area (Å²) in [4.78, 5) is 40.4. The molecule has 0 spiro atoms. The van der Waals surface area contributed by atoms with E-state index in [1.165, 1.54) is 0 Å². The molecule has 160 valence electrons. The first kappa shape index (κ1) is 22.5. The van der Waals surface area contributed by atoms with Crippen LogP contribution in [0.5, 0.6) is 5.75 Å². The SMILES string of the molecule is COc1cccc(C(=O)N2CCCN(C(=O)CCNC(=O)OC(C)(C)C)CC2)c1. The third kappa shape index (κ3) is 7.29. The molecule has 8 heteroatoms. The van der Waals surface area contributed by atoms with E-state index in [-0.39, 0.29) is 24.8 Å². The van der Waals surface area contributed by atoms with E-state index in [1.54, 1.807) is 61.9 Å². The second-order valence-corrected chi connectivity index (χ2v) is 7.94. The number of nitrogens with zero attached hydrogens (tertiary/aromatic N) is 2. The van der Waals surface area contributed by atoms with Gasteiger partial charge in [0.25, 0.3) is 5.91 Å². The van der Waals surface area contributed by atoms with Crippen molar-refractivity contribution >= 4 is 17.9 Å². The first-order valence-corrected chi connectivity index (χ1v) is 9.87. The van der Waals surface area contributed by atoms with E-state index in [0.717, 1.165) is 0 Å². The molecular weight excluding hydrogens is 374 g/mol. The van der Waals surface area contributed by atoms with Crippen LogP contribution in [0.3, 0.4) is 0 Å². The van der Waals surface area contributed by atoms with E-state index >= 15 is 0 Å². The normalized spacial score (nSPS) is 14.8. The monoisotopic (exact) mass is 405 g/mol. The average Bonchev–Trinajstić information content (AvgIpc) is 2.92. The second-order valence-electron chi connectivity index (χ2n) is 7.94. The van der Waals surface area contributed by atoms with Crippen LogP contribution >= 0.6 is 0 Å². The Balaban J connectivity index is 1.82. The number of alkyl carbamates (subject to hydrolysis) is 1. The van der Waals surface area contributed by atoms with Crippen molar-refractivity contribution in [3.63, 3.8) is 0 Å². The van der Waals surface area contributed by atoms with Crippen molar-refractivity contribution in [2.75, 3.05) is 39.8 Å². The van der Waals surface area contributed by atoms with Crippen LogP contribution < -0.4 is 10.1 Å². The molecule has 1 aromatic rings. The van der Waals surface area contributed by atoms with Crippen LogP contribution in [0.1, 0.15) is 44.0 Å². The lowest BCUT2D eigenvalue weighted by molar-refractivity contribution is -0.130. The second kappa shape index (κ2) is 10.1. The van der Waals surface area contributed by atoms with E-state index in [9.17, 15) is 14.4 Å². The van der Waals surface area contributed by atoms with Crippen molar-refractivity contribution < 1.29 is 23.9 Å². The van der Waals surface area contributed by atoms with Gasteiger partial charge in [0.05, 0.1) is 7.11 Å². The van der Waals surface area contributed by atoms with E-state index < -0.39 is 11.7 Å². The quantitative estimate of drug-likeness (QED) is 0.812. The predicted octanol–water partition coefficient (Wildman–Crippen LogP) is 2.28. The minimum atomic E-state index is -0.572. The van der Waals surface area contributed by atoms with Crippen molar-refractivity contribution in [2.24, 2.45) is 0 Å². The number of carbonyl (C=O) groups excluding carboxylic acids is 3. The fraction of sp³-hybridized carbons (Fsp3) is 0.571. The fourth-order valence-electron chi connectivity index (χ4n) is 3.05. The molecule has 0 atom stereocenters. The van der Waals surface area contributed by atoms with Gasteiger partial charge in [-0.1, -0.05) is 6.07 Å². The highest BCUT2D eigenvalue weighted by Gasteiger charge is 2.23. The van der Waals surface area contributed by atoms with Crippen molar-refractivity contribution in [1.82, 2.24) is 15.1 Å². The molecule has 0 radical (unpaired) electrons. The zero-order valence-electron chi connectivity index (χ0n) is 17.7. The van der Waals surface area contributed by atoms with Gasteiger partial charge in [-0.25, -0.2) is 4.79 Å². The largest absolute Gasteiger partial charge is 0.497 e. The number of hydrogen-bond donors (Lipinski definition) is 1. The molecule has 1 aliphatic rings. The van der Waals surface area contributed by atoms with Gasteiger partial charge in [-0.15, -0.1) is 0 Å². The number of methoxy groups -OCH3 is 1. The van der Waals surface area contributed by atoms with Gasteiger partial charge in [-0.2, -0.15) is 0 Å². The van der Waals surface area contributed by atoms with Crippen LogP contribution in [0, 0.1) is 0 Å². The molecule has 0 unspecified atom stereocenters. The lowest BCUT2D eigenvalue weighted by Gasteiger charge is -2.23. The Labute approximate surface area is 172 Å². The van der Waals surface area contributed by atoms with Gasteiger partial charge in [0, 0.05) is 44.7 Å². The summed E-state index contributed by atoms with van der Waals surface area (Å²) in [5, 5.41) is 2.60. The number of amides is 3. The standard InChI is InChI=1S/C21H31N3O5/c1-21(2,3)29-20(27)22-10-9-18(25)23-11-6-12-24(14-13-23)19(26)16-7-5-8-17(15-16)28-4/h5,7-8,15H,6,9-14H2,1-4H3,(H,22,27). The van der Waals surface area contributed by atoms with Crippen molar-refractivity contribution in [3.05, 3.63) is 29.8 Å². The smallest absolute Gasteiger partial charge is 0.407 e. The summed E-state index contributed by atoms with van der Waals surface area (Å²) in [6.45, 7) is 7.71. The Morgan fingerprint density at radius 3 is 2.45 bits per heavy atom. The number of carbonyl (C=O) groups is 3. The van der Waals surface area contributed by atoms with E-state index in [4.69, 9.17) is 9.47 Å². The van der Waals surface area contributed by atoms with Gasteiger partial charge in [0.15, 0.2) is 0 Å². The fourth-order valence-corrected chi connectivity index (χ4v) is 3.05. The third-order valence-corrected chi connectivity index (χ3v) is 4.46. The average molecular weight is 405 g/mol. The predicted molar refractivity (Wildman–Crippen MR) is 109 cm³/mol. The molecule has 1 aliphatic heterocycles. The van der Waals surface area contributed by atoms with Crippen molar-refractivity contribution in [1.29, 1.82) is 0 Å². The maximum Gasteiger partial charge on any atom is 0.407 e. The van der Waals surface area contributed by atoms with Crippen LogP contribution in [0.15, 0.2) is 24.3 Å². The van der Waals surface area contributed by atoms with Gasteiger partial charge >= 0.3 is 6.09 Å². The number of ether oxygens (including phenoxy) is 2. The van der Waals surface area contributed by atoms with Gasteiger partial charge in [-0.3, -0.25) is 9.59 Å². The third-order valence-electron chi connectivity index (χ3n) is 4.46. The summed E-state index contributed by atoms with van der Waals surface area (Å²) in [5.41, 5.74) is 0.00293. The molecule has 1 saturated heterocycles. The molecule has 0 bridgehead atoms. The zero-order valence-corrected chi connectivity index (χ0v) is 17.7. The van der Waals surface area contributed by atoms with Crippen molar-refractivity contribution in [3.8, 4) is 5.75 Å². The van der Waals surface area contributed by atoms with E-state index in [1.807, 2.05) is 0 Å². The highest BCUT2D eigenvalue weighted by atomic mass is 16.6. The Morgan fingerprint density at radius 2 is 1.76 bits per heavy atom. The van der Waals surface area contributed by atoms with E-state index in [2.05, 4.69) is 5.32 Å². The van der Waals surface area contributed by atoms with E-state index in [0.29, 0.717) is 43.9 Å². The maximum atomic E-state index is 12.8. The molecule has 1 fully saturated rings. The lowest BCUT2D eigenvalue weighted by Crippen LogP contribution is -2.39. The molecule has 3 amide bonds. The number of hydrogen-bond acceptors (Lipinski definition) is 5. The Morgan fingerprint density at radius 1 is 1.07 bits per heavy atom. The first-order chi connectivity index (χ1) is 13.7. The molecular formula is C21H31N3O5. The molecule has 29 heavy (non-hydrogen) atoms. The minimum Gasteiger partial charge on any atom is -0.497 e. The van der Waals surface area contributed by atoms with Gasteiger partial charge in [0.2, 0.25) is 5.91 Å². The van der Waals surface area contributed by atoms with Crippen molar-refractivity contribution in [2.45, 2.75) is 39.2 Å². The van der Waals surface area contributed by atoms with Gasteiger partial charge in [0.1, 0.15) is 11.4 Å². The molecule has 1 N–H and O–H groups in total. The van der Waals surface area contributed by atoms with Gasteiger partial charge < -0.3 is 24.6 Å². The Bertz CT molecular complexity index is 729. The molecule has 0 aromatic heterocycles. The van der Waals surface area contributed by atoms with Crippen LogP contribution in [-0.2, 0) is 9.53 Å². The summed E-state index contributed by atoms with van der Waals surface area (Å²) in [6.07, 6.45) is 0.375. The summed E-state index contributed by atoms with van der Waals surface area (Å²) in [6, 6.07) is 7.07. The number of rotatable bonds is 5. The van der Waals surface area contributed by atoms with Crippen LogP contribution in [0.4, 0.5) is 4.79 Å². The highest BCUT2D eigenvalue weighted by molar-refractivity contribution is 5.94. The summed E-state index contributed by atoms with van der Waals surface area (Å²) < 4.78 is 10.3. The topological polar surface area (TPSA) is 88.2 Å². The molecule has 1 aromatic carbocycles. The molecule has 2 rings (SSSR count). The molecule has 8 nitrogen and oxygen atoms in total. The summed E-state index contributed by atoms with van der Waals surface area (Å²) in [7, 11) is 1.57. The first-order valence-electron chi connectivity index (χ1n) is 9.87.